The van der Waals surface area contributed by atoms with Crippen LogP contribution in [-0.2, 0) is 24.8 Å². The molecule has 0 radical (unpaired) electrons. The van der Waals surface area contributed by atoms with Gasteiger partial charge in [0.15, 0.2) is 0 Å². The molecule has 136 valence electrons. The molecule has 0 spiro atoms. The van der Waals surface area contributed by atoms with Crippen LogP contribution in [0.1, 0.15) is 26.7 Å². The van der Waals surface area contributed by atoms with Crippen LogP contribution in [0.5, 0.6) is 0 Å². The summed E-state index contributed by atoms with van der Waals surface area (Å²) in [6.07, 6.45) is 1.11. The van der Waals surface area contributed by atoms with Crippen LogP contribution < -0.4 is 9.44 Å². The van der Waals surface area contributed by atoms with Crippen LogP contribution in [0.15, 0.2) is 0 Å². The van der Waals surface area contributed by atoms with Gasteiger partial charge < -0.3 is 5.11 Å². The number of likely N-dealkylation sites (N-methyl/N-ethyl adjacent to an activating group) is 1. The predicted octanol–water partition coefficient (Wildman–Crippen LogP) is -1.22. The molecule has 0 aliphatic heterocycles. The van der Waals surface area contributed by atoms with Crippen molar-refractivity contribution in [1.82, 2.24) is 14.3 Å². The molecule has 0 aromatic carbocycles. The largest absolute Gasteiger partial charge is 0.480 e. The second-order valence-electron chi connectivity index (χ2n) is 5.51. The quantitative estimate of drug-likeness (QED) is 0.415. The summed E-state index contributed by atoms with van der Waals surface area (Å²) < 4.78 is 51.0. The van der Waals surface area contributed by atoms with E-state index < -0.39 is 26.0 Å². The molecule has 1 aliphatic rings. The highest BCUT2D eigenvalue weighted by Crippen LogP contribution is 2.26. The first-order valence-corrected chi connectivity index (χ1v) is 10.8. The van der Waals surface area contributed by atoms with Crippen molar-refractivity contribution in [2.24, 2.45) is 0 Å². The summed E-state index contributed by atoms with van der Waals surface area (Å²) in [5.74, 6) is -1.32. The van der Waals surface area contributed by atoms with Gasteiger partial charge in [-0.15, -0.1) is 0 Å². The first-order chi connectivity index (χ1) is 10.6. The maximum absolute atomic E-state index is 11.9. The number of nitrogens with zero attached hydrogens (tertiary/aromatic N) is 1. The lowest BCUT2D eigenvalue weighted by Gasteiger charge is -2.42. The van der Waals surface area contributed by atoms with E-state index in [1.807, 2.05) is 6.92 Å². The van der Waals surface area contributed by atoms with E-state index in [-0.39, 0.29) is 36.7 Å². The molecule has 0 heterocycles. The van der Waals surface area contributed by atoms with Gasteiger partial charge in [0.1, 0.15) is 0 Å². The fourth-order valence-corrected chi connectivity index (χ4v) is 4.34. The summed E-state index contributed by atoms with van der Waals surface area (Å²) in [5.41, 5.74) is 0. The predicted molar refractivity (Wildman–Crippen MR) is 86.1 cm³/mol. The van der Waals surface area contributed by atoms with E-state index in [0.29, 0.717) is 19.4 Å². The second kappa shape index (κ2) is 8.38. The average Bonchev–Trinajstić information content (AvgIpc) is 2.39. The minimum absolute atomic E-state index is 0.0561. The zero-order chi connectivity index (χ0) is 17.7. The normalized spacial score (nSPS) is 22.0. The fourth-order valence-electron chi connectivity index (χ4n) is 2.40. The van der Waals surface area contributed by atoms with E-state index in [2.05, 4.69) is 9.44 Å². The number of carboxylic acids is 1. The highest BCUT2D eigenvalue weighted by atomic mass is 32.2. The molecular weight excluding hydrogens is 346 g/mol. The number of aliphatic carboxylic acids is 1. The van der Waals surface area contributed by atoms with Gasteiger partial charge in [-0.1, -0.05) is 6.92 Å². The summed E-state index contributed by atoms with van der Waals surface area (Å²) in [6.45, 7) is 3.71. The van der Waals surface area contributed by atoms with Gasteiger partial charge in [0.25, 0.3) is 0 Å². The zero-order valence-electron chi connectivity index (χ0n) is 13.4. The third-order valence-electron chi connectivity index (χ3n) is 3.79. The molecule has 1 fully saturated rings. The highest BCUT2D eigenvalue weighted by Gasteiger charge is 2.35. The van der Waals surface area contributed by atoms with Gasteiger partial charge in [0.2, 0.25) is 20.0 Å². The molecule has 0 saturated heterocycles. The Hall–Kier alpha value is -0.750. The molecular formula is C12H25N3O6S2. The summed E-state index contributed by atoms with van der Waals surface area (Å²) in [4.78, 5) is 12.5. The minimum atomic E-state index is -3.56. The molecule has 1 rings (SSSR count). The Morgan fingerprint density at radius 1 is 1.17 bits per heavy atom. The molecule has 23 heavy (non-hydrogen) atoms. The number of rotatable bonds is 11. The smallest absolute Gasteiger partial charge is 0.317 e. The molecule has 0 aromatic rings. The van der Waals surface area contributed by atoms with Crippen molar-refractivity contribution in [2.75, 3.05) is 31.1 Å². The summed E-state index contributed by atoms with van der Waals surface area (Å²) in [7, 11) is -6.96. The monoisotopic (exact) mass is 371 g/mol. The SMILES string of the molecule is CCN(CC(=O)O)C1CC(NS(=O)(=O)CCNS(=O)(=O)CC)C1. The Balaban J connectivity index is 2.36. The van der Waals surface area contributed by atoms with Gasteiger partial charge in [-0.3, -0.25) is 9.69 Å². The number of hydrogen-bond donors (Lipinski definition) is 3. The first-order valence-electron chi connectivity index (χ1n) is 7.51. The molecule has 1 aliphatic carbocycles. The van der Waals surface area contributed by atoms with Crippen molar-refractivity contribution in [3.63, 3.8) is 0 Å². The van der Waals surface area contributed by atoms with E-state index in [1.165, 1.54) is 6.92 Å². The topological polar surface area (TPSA) is 133 Å². The van der Waals surface area contributed by atoms with Crippen molar-refractivity contribution in [3.8, 4) is 0 Å². The van der Waals surface area contributed by atoms with E-state index in [9.17, 15) is 21.6 Å². The Kier molecular flexibility index (Phi) is 7.39. The molecule has 0 atom stereocenters. The molecule has 0 aromatic heterocycles. The Morgan fingerprint density at radius 3 is 2.26 bits per heavy atom. The lowest BCUT2D eigenvalue weighted by atomic mass is 9.86. The van der Waals surface area contributed by atoms with E-state index in [0.717, 1.165) is 0 Å². The lowest BCUT2D eigenvalue weighted by Crippen LogP contribution is -2.55. The number of carbonyl (C=O) groups is 1. The van der Waals surface area contributed by atoms with Crippen LogP contribution in [-0.4, -0.2) is 76.0 Å². The molecule has 9 nitrogen and oxygen atoms in total. The van der Waals surface area contributed by atoms with Crippen molar-refractivity contribution >= 4 is 26.0 Å². The molecule has 0 amide bonds. The van der Waals surface area contributed by atoms with Gasteiger partial charge in [0.05, 0.1) is 18.1 Å². The van der Waals surface area contributed by atoms with Crippen LogP contribution in [0.4, 0.5) is 0 Å². The van der Waals surface area contributed by atoms with Crippen LogP contribution in [0.2, 0.25) is 0 Å². The number of carboxylic acid groups (broad SMARTS) is 1. The maximum Gasteiger partial charge on any atom is 0.317 e. The standard InChI is InChI=1S/C12H25N3O6S2/c1-3-15(9-12(16)17)11-7-10(8-11)14-23(20,21)6-5-13-22(18,19)4-2/h10-11,13-14H,3-9H2,1-2H3,(H,16,17). The first kappa shape index (κ1) is 20.3. The second-order valence-corrected chi connectivity index (χ2v) is 9.48. The van der Waals surface area contributed by atoms with Gasteiger partial charge in [-0.25, -0.2) is 26.3 Å². The number of sulfonamides is 2. The van der Waals surface area contributed by atoms with Crippen LogP contribution in [0, 0.1) is 0 Å². The Bertz CT molecular complexity index is 598. The van der Waals surface area contributed by atoms with Gasteiger partial charge >= 0.3 is 5.97 Å². The molecule has 1 saturated carbocycles. The fraction of sp³-hybridized carbons (Fsp3) is 0.917. The third kappa shape index (κ3) is 7.12. The van der Waals surface area contributed by atoms with Gasteiger partial charge in [-0.2, -0.15) is 0 Å². The van der Waals surface area contributed by atoms with Crippen LogP contribution in [0.3, 0.4) is 0 Å². The molecule has 3 N–H and O–H groups in total. The Labute approximate surface area is 137 Å². The van der Waals surface area contributed by atoms with Crippen LogP contribution in [0.25, 0.3) is 0 Å². The van der Waals surface area contributed by atoms with E-state index >= 15 is 0 Å². The van der Waals surface area contributed by atoms with Crippen molar-refractivity contribution in [1.29, 1.82) is 0 Å². The third-order valence-corrected chi connectivity index (χ3v) is 6.63. The van der Waals surface area contributed by atoms with E-state index in [4.69, 9.17) is 5.11 Å². The minimum Gasteiger partial charge on any atom is -0.480 e. The molecule has 0 bridgehead atoms. The van der Waals surface area contributed by atoms with E-state index in [1.54, 1.807) is 4.90 Å². The Morgan fingerprint density at radius 2 is 1.78 bits per heavy atom. The lowest BCUT2D eigenvalue weighted by molar-refractivity contribution is -0.139. The van der Waals surface area contributed by atoms with Crippen molar-refractivity contribution in [2.45, 2.75) is 38.8 Å². The maximum atomic E-state index is 11.9. The van der Waals surface area contributed by atoms with Crippen molar-refractivity contribution < 1.29 is 26.7 Å². The highest BCUT2D eigenvalue weighted by molar-refractivity contribution is 7.90. The van der Waals surface area contributed by atoms with Gasteiger partial charge in [0, 0.05) is 18.6 Å². The van der Waals surface area contributed by atoms with Crippen molar-refractivity contribution in [3.05, 3.63) is 0 Å². The molecule has 0 unspecified atom stereocenters. The zero-order valence-corrected chi connectivity index (χ0v) is 15.0. The number of nitrogens with one attached hydrogen (secondary N) is 2. The number of hydrogen-bond acceptors (Lipinski definition) is 6. The summed E-state index contributed by atoms with van der Waals surface area (Å²) >= 11 is 0. The van der Waals surface area contributed by atoms with Gasteiger partial charge in [-0.05, 0) is 26.3 Å². The summed E-state index contributed by atoms with van der Waals surface area (Å²) in [5, 5.41) is 8.81. The summed E-state index contributed by atoms with van der Waals surface area (Å²) in [6, 6.07) is -0.168. The molecule has 11 heteroatoms. The average molecular weight is 371 g/mol. The van der Waals surface area contributed by atoms with Crippen LogP contribution >= 0.6 is 0 Å².